The number of rotatable bonds is 8. The molecule has 1 atom stereocenters. The van der Waals surface area contributed by atoms with Gasteiger partial charge in [-0.05, 0) is 42.8 Å². The summed E-state index contributed by atoms with van der Waals surface area (Å²) in [7, 11) is 0. The molecule has 0 aliphatic carbocycles. The Labute approximate surface area is 170 Å². The molecule has 6 nitrogen and oxygen atoms in total. The number of hydrogen-bond donors (Lipinski definition) is 2. The fourth-order valence-corrected chi connectivity index (χ4v) is 2.73. The van der Waals surface area contributed by atoms with Crippen molar-refractivity contribution in [2.45, 2.75) is 25.7 Å². The van der Waals surface area contributed by atoms with E-state index in [0.29, 0.717) is 18.0 Å². The number of carbonyl (C=O) groups is 1. The van der Waals surface area contributed by atoms with Crippen molar-refractivity contribution in [3.63, 3.8) is 0 Å². The van der Waals surface area contributed by atoms with Crippen molar-refractivity contribution in [2.24, 2.45) is 5.73 Å². The molecular weight excluding hydrogens is 399 g/mol. The molecule has 0 fully saturated rings. The van der Waals surface area contributed by atoms with Crippen LogP contribution in [0.25, 0.3) is 11.5 Å². The van der Waals surface area contributed by atoms with Crippen LogP contribution in [0.5, 0.6) is 5.75 Å². The summed E-state index contributed by atoms with van der Waals surface area (Å²) in [6, 6.07) is 12.0. The van der Waals surface area contributed by atoms with E-state index in [-0.39, 0.29) is 24.1 Å². The molecule has 3 N–H and O–H groups in total. The molecule has 9 heteroatoms. The van der Waals surface area contributed by atoms with Gasteiger partial charge in [-0.15, -0.1) is 0 Å². The van der Waals surface area contributed by atoms with Gasteiger partial charge in [0.15, 0.2) is 6.61 Å². The van der Waals surface area contributed by atoms with Gasteiger partial charge < -0.3 is 20.2 Å². The number of nitrogens with zero attached hydrogens (tertiary/aromatic N) is 1. The maximum atomic E-state index is 12.9. The summed E-state index contributed by atoms with van der Waals surface area (Å²) in [6.07, 6.45) is -3.01. The van der Waals surface area contributed by atoms with E-state index in [4.69, 9.17) is 14.9 Å². The summed E-state index contributed by atoms with van der Waals surface area (Å²) in [5.74, 6) is 0.111. The van der Waals surface area contributed by atoms with Crippen molar-refractivity contribution in [1.29, 1.82) is 0 Å². The minimum Gasteiger partial charge on any atom is -0.484 e. The van der Waals surface area contributed by atoms with E-state index in [1.54, 1.807) is 12.1 Å². The predicted molar refractivity (Wildman–Crippen MR) is 103 cm³/mol. The highest BCUT2D eigenvalue weighted by Crippen LogP contribution is 2.32. The first kappa shape index (κ1) is 21.4. The summed E-state index contributed by atoms with van der Waals surface area (Å²) in [5, 5.41) is 3.27. The van der Waals surface area contributed by atoms with Crippen molar-refractivity contribution in [2.75, 3.05) is 6.61 Å². The van der Waals surface area contributed by atoms with Crippen molar-refractivity contribution in [1.82, 2.24) is 10.3 Å². The minimum absolute atomic E-state index is 0.0381. The fraction of sp³-hybridized carbons (Fsp3) is 0.238. The van der Waals surface area contributed by atoms with Gasteiger partial charge in [-0.25, -0.2) is 4.98 Å². The van der Waals surface area contributed by atoms with Gasteiger partial charge >= 0.3 is 6.18 Å². The Hall–Kier alpha value is -3.33. The zero-order valence-electron chi connectivity index (χ0n) is 16.1. The summed E-state index contributed by atoms with van der Waals surface area (Å²) < 4.78 is 49.2. The van der Waals surface area contributed by atoms with E-state index >= 15 is 0 Å². The molecule has 158 valence electrons. The average Bonchev–Trinajstić information content (AvgIpc) is 3.19. The molecule has 3 aromatic rings. The third kappa shape index (κ3) is 5.60. The smallest absolute Gasteiger partial charge is 0.416 e. The van der Waals surface area contributed by atoms with E-state index in [2.05, 4.69) is 10.3 Å². The van der Waals surface area contributed by atoms with E-state index in [1.165, 1.54) is 18.4 Å². The lowest BCUT2D eigenvalue weighted by Crippen LogP contribution is -2.20. The number of oxazole rings is 1. The Balaban J connectivity index is 1.59. The second kappa shape index (κ2) is 9.00. The van der Waals surface area contributed by atoms with Gasteiger partial charge in [0.2, 0.25) is 5.89 Å². The minimum atomic E-state index is -4.43. The molecule has 3 rings (SSSR count). The number of aromatic nitrogens is 1. The van der Waals surface area contributed by atoms with Crippen LogP contribution in [0.15, 0.2) is 59.2 Å². The Kier molecular flexibility index (Phi) is 6.41. The van der Waals surface area contributed by atoms with Crippen LogP contribution in [0, 0.1) is 0 Å². The molecule has 0 aliphatic rings. The number of alkyl halides is 3. The Morgan fingerprint density at radius 2 is 1.97 bits per heavy atom. The highest BCUT2D eigenvalue weighted by molar-refractivity contribution is 5.75. The molecule has 30 heavy (non-hydrogen) atoms. The van der Waals surface area contributed by atoms with E-state index in [9.17, 15) is 18.0 Å². The Morgan fingerprint density at radius 1 is 1.23 bits per heavy atom. The number of benzene rings is 2. The molecule has 0 radical (unpaired) electrons. The third-order valence-corrected chi connectivity index (χ3v) is 4.34. The Bertz CT molecular complexity index is 1000. The first-order valence-electron chi connectivity index (χ1n) is 9.09. The van der Waals surface area contributed by atoms with Gasteiger partial charge in [0.05, 0.1) is 11.3 Å². The standard InChI is InChI=1S/C21H20F3N3O3/c1-13(14-5-7-18(8-6-14)29-12-19(25)28)26-10-17-11-30-20(27-17)15-3-2-4-16(9-15)21(22,23)24/h2-9,11,13,26H,10,12H2,1H3,(H2,25,28). The van der Waals surface area contributed by atoms with Crippen molar-refractivity contribution in [3.05, 3.63) is 71.6 Å². The van der Waals surface area contributed by atoms with Crippen molar-refractivity contribution in [3.8, 4) is 17.2 Å². The van der Waals surface area contributed by atoms with E-state index in [0.717, 1.165) is 17.7 Å². The molecule has 0 saturated heterocycles. The molecule has 0 saturated carbocycles. The fourth-order valence-electron chi connectivity index (χ4n) is 2.73. The number of amides is 1. The molecule has 0 aliphatic heterocycles. The highest BCUT2D eigenvalue weighted by Gasteiger charge is 2.30. The molecular formula is C21H20F3N3O3. The van der Waals surface area contributed by atoms with Crippen LogP contribution < -0.4 is 15.8 Å². The van der Waals surface area contributed by atoms with Gasteiger partial charge in [0.25, 0.3) is 5.91 Å². The first-order chi connectivity index (χ1) is 14.2. The van der Waals surface area contributed by atoms with Crippen molar-refractivity contribution < 1.29 is 27.1 Å². The number of nitrogens with two attached hydrogens (primary N) is 1. The van der Waals surface area contributed by atoms with Crippen LogP contribution in [-0.2, 0) is 17.5 Å². The number of halogens is 3. The maximum absolute atomic E-state index is 12.9. The summed E-state index contributed by atoms with van der Waals surface area (Å²) in [6.45, 7) is 2.13. The van der Waals surface area contributed by atoms with Crippen LogP contribution >= 0.6 is 0 Å². The molecule has 1 amide bonds. The number of hydrogen-bond acceptors (Lipinski definition) is 5. The van der Waals surface area contributed by atoms with Gasteiger partial charge in [0.1, 0.15) is 12.0 Å². The second-order valence-corrected chi connectivity index (χ2v) is 6.65. The maximum Gasteiger partial charge on any atom is 0.416 e. The average molecular weight is 419 g/mol. The zero-order chi connectivity index (χ0) is 21.7. The molecule has 2 aromatic carbocycles. The molecule has 1 unspecified atom stereocenters. The van der Waals surface area contributed by atoms with Gasteiger partial charge in [-0.1, -0.05) is 18.2 Å². The topological polar surface area (TPSA) is 90.4 Å². The van der Waals surface area contributed by atoms with Gasteiger partial charge in [-0.2, -0.15) is 13.2 Å². The molecule has 1 heterocycles. The van der Waals surface area contributed by atoms with Crippen LogP contribution in [0.3, 0.4) is 0 Å². The SMILES string of the molecule is CC(NCc1coc(-c2cccc(C(F)(F)F)c2)n1)c1ccc(OCC(N)=O)cc1. The lowest BCUT2D eigenvalue weighted by molar-refractivity contribution is -0.137. The lowest BCUT2D eigenvalue weighted by Gasteiger charge is -2.14. The summed E-state index contributed by atoms with van der Waals surface area (Å²) in [5.41, 5.74) is 6.09. The van der Waals surface area contributed by atoms with Gasteiger partial charge in [-0.3, -0.25) is 4.79 Å². The highest BCUT2D eigenvalue weighted by atomic mass is 19.4. The quantitative estimate of drug-likeness (QED) is 0.574. The molecule has 1 aromatic heterocycles. The van der Waals surface area contributed by atoms with E-state index in [1.807, 2.05) is 19.1 Å². The van der Waals surface area contributed by atoms with Crippen LogP contribution in [0.4, 0.5) is 13.2 Å². The van der Waals surface area contributed by atoms with Crippen LogP contribution in [-0.4, -0.2) is 17.5 Å². The number of ether oxygens (including phenoxy) is 1. The van der Waals surface area contributed by atoms with E-state index < -0.39 is 17.6 Å². The second-order valence-electron chi connectivity index (χ2n) is 6.65. The normalized spacial score (nSPS) is 12.5. The summed E-state index contributed by atoms with van der Waals surface area (Å²) in [4.78, 5) is 15.0. The van der Waals surface area contributed by atoms with Crippen molar-refractivity contribution >= 4 is 5.91 Å². The number of carbonyl (C=O) groups excluding carboxylic acids is 1. The monoisotopic (exact) mass is 419 g/mol. The van der Waals surface area contributed by atoms with Crippen LogP contribution in [0.1, 0.15) is 29.8 Å². The largest absolute Gasteiger partial charge is 0.484 e. The predicted octanol–water partition coefficient (Wildman–Crippen LogP) is 4.08. The van der Waals surface area contributed by atoms with Gasteiger partial charge in [0, 0.05) is 18.2 Å². The lowest BCUT2D eigenvalue weighted by atomic mass is 10.1. The Morgan fingerprint density at radius 3 is 2.63 bits per heavy atom. The number of primary amides is 1. The summed E-state index contributed by atoms with van der Waals surface area (Å²) >= 11 is 0. The molecule has 0 spiro atoms. The first-order valence-corrected chi connectivity index (χ1v) is 9.09. The number of nitrogens with one attached hydrogen (secondary N) is 1. The zero-order valence-corrected chi connectivity index (χ0v) is 16.1. The third-order valence-electron chi connectivity index (χ3n) is 4.34. The molecule has 0 bridgehead atoms. The van der Waals surface area contributed by atoms with Crippen LogP contribution in [0.2, 0.25) is 0 Å².